The van der Waals surface area contributed by atoms with Crippen LogP contribution in [0.3, 0.4) is 0 Å². The van der Waals surface area contributed by atoms with Crippen LogP contribution in [0.25, 0.3) is 0 Å². The zero-order valence-electron chi connectivity index (χ0n) is 10.4. The molecule has 1 aliphatic rings. The number of aliphatic hydroxyl groups is 1. The molecule has 1 saturated heterocycles. The van der Waals surface area contributed by atoms with Crippen LogP contribution >= 0.6 is 0 Å². The van der Waals surface area contributed by atoms with E-state index in [4.69, 9.17) is 0 Å². The van der Waals surface area contributed by atoms with E-state index in [1.165, 1.54) is 25.9 Å². The summed E-state index contributed by atoms with van der Waals surface area (Å²) in [4.78, 5) is 2.52. The third-order valence-electron chi connectivity index (χ3n) is 2.96. The smallest absolute Gasteiger partial charge is 0.0603 e. The SMILES string of the molecule is CC(CN1CCCC1)NCCC(C)(C)O. The van der Waals surface area contributed by atoms with Crippen LogP contribution in [0.15, 0.2) is 0 Å². The van der Waals surface area contributed by atoms with E-state index in [-0.39, 0.29) is 0 Å². The highest BCUT2D eigenvalue weighted by Gasteiger charge is 2.15. The summed E-state index contributed by atoms with van der Waals surface area (Å²) in [5.74, 6) is 0. The zero-order chi connectivity index (χ0) is 11.3. The van der Waals surface area contributed by atoms with Crippen molar-refractivity contribution in [1.29, 1.82) is 0 Å². The highest BCUT2D eigenvalue weighted by molar-refractivity contribution is 4.74. The molecule has 15 heavy (non-hydrogen) atoms. The number of likely N-dealkylation sites (tertiary alicyclic amines) is 1. The Bertz CT molecular complexity index is 171. The molecule has 1 rings (SSSR count). The molecule has 1 unspecified atom stereocenters. The largest absolute Gasteiger partial charge is 0.390 e. The Morgan fingerprint density at radius 2 is 1.93 bits per heavy atom. The average molecular weight is 214 g/mol. The Hall–Kier alpha value is -0.120. The molecule has 90 valence electrons. The summed E-state index contributed by atoms with van der Waals surface area (Å²) in [7, 11) is 0. The lowest BCUT2D eigenvalue weighted by molar-refractivity contribution is 0.0701. The van der Waals surface area contributed by atoms with E-state index in [9.17, 15) is 5.11 Å². The van der Waals surface area contributed by atoms with Crippen LogP contribution in [0.1, 0.15) is 40.0 Å². The minimum atomic E-state index is -0.541. The van der Waals surface area contributed by atoms with Gasteiger partial charge < -0.3 is 15.3 Å². The summed E-state index contributed by atoms with van der Waals surface area (Å²) < 4.78 is 0. The van der Waals surface area contributed by atoms with Crippen molar-refractivity contribution >= 4 is 0 Å². The Balaban J connectivity index is 2.05. The molecule has 2 N–H and O–H groups in total. The van der Waals surface area contributed by atoms with Gasteiger partial charge in [0.15, 0.2) is 0 Å². The Labute approximate surface area is 93.9 Å². The minimum Gasteiger partial charge on any atom is -0.390 e. The maximum absolute atomic E-state index is 9.56. The van der Waals surface area contributed by atoms with Crippen molar-refractivity contribution < 1.29 is 5.11 Å². The third-order valence-corrected chi connectivity index (χ3v) is 2.96. The summed E-state index contributed by atoms with van der Waals surface area (Å²) in [6.45, 7) is 10.5. The number of rotatable bonds is 6. The topological polar surface area (TPSA) is 35.5 Å². The Morgan fingerprint density at radius 1 is 1.33 bits per heavy atom. The molecule has 0 aliphatic carbocycles. The molecule has 0 amide bonds. The zero-order valence-corrected chi connectivity index (χ0v) is 10.4. The molecular formula is C12H26N2O. The van der Waals surface area contributed by atoms with Gasteiger partial charge in [-0.1, -0.05) is 0 Å². The molecule has 0 spiro atoms. The summed E-state index contributed by atoms with van der Waals surface area (Å²) in [6.07, 6.45) is 3.53. The van der Waals surface area contributed by atoms with Gasteiger partial charge in [0.25, 0.3) is 0 Å². The molecule has 0 aromatic heterocycles. The molecule has 1 heterocycles. The van der Waals surface area contributed by atoms with Gasteiger partial charge in [0.2, 0.25) is 0 Å². The van der Waals surface area contributed by atoms with Gasteiger partial charge in [-0.15, -0.1) is 0 Å². The first kappa shape index (κ1) is 12.9. The summed E-state index contributed by atoms with van der Waals surface area (Å²) in [5, 5.41) is 13.0. The van der Waals surface area contributed by atoms with Crippen molar-refractivity contribution in [3.63, 3.8) is 0 Å². The fraction of sp³-hybridized carbons (Fsp3) is 1.00. The highest BCUT2D eigenvalue weighted by Crippen LogP contribution is 2.08. The lowest BCUT2D eigenvalue weighted by Crippen LogP contribution is -2.39. The van der Waals surface area contributed by atoms with Gasteiger partial charge in [-0.25, -0.2) is 0 Å². The van der Waals surface area contributed by atoms with Crippen molar-refractivity contribution in [3.05, 3.63) is 0 Å². The van der Waals surface area contributed by atoms with Crippen LogP contribution in [0.5, 0.6) is 0 Å². The first-order valence-corrected chi connectivity index (χ1v) is 6.15. The van der Waals surface area contributed by atoms with Crippen LogP contribution in [-0.2, 0) is 0 Å². The lowest BCUT2D eigenvalue weighted by Gasteiger charge is -2.23. The number of hydrogen-bond donors (Lipinski definition) is 2. The summed E-state index contributed by atoms with van der Waals surface area (Å²) >= 11 is 0. The fourth-order valence-electron chi connectivity index (χ4n) is 2.04. The normalized spacial score (nSPS) is 20.8. The second-order valence-electron chi connectivity index (χ2n) is 5.43. The van der Waals surface area contributed by atoms with Crippen molar-refractivity contribution in [2.75, 3.05) is 26.2 Å². The van der Waals surface area contributed by atoms with E-state index in [0.717, 1.165) is 19.5 Å². The molecule has 3 nitrogen and oxygen atoms in total. The van der Waals surface area contributed by atoms with Gasteiger partial charge in [-0.2, -0.15) is 0 Å². The third kappa shape index (κ3) is 6.13. The van der Waals surface area contributed by atoms with E-state index in [1.54, 1.807) is 0 Å². The maximum Gasteiger partial charge on any atom is 0.0603 e. The standard InChI is InChI=1S/C12H26N2O/c1-11(10-14-8-4-5-9-14)13-7-6-12(2,3)15/h11,13,15H,4-10H2,1-3H3. The van der Waals surface area contributed by atoms with E-state index in [0.29, 0.717) is 6.04 Å². The number of nitrogens with one attached hydrogen (secondary N) is 1. The molecule has 0 bridgehead atoms. The first-order chi connectivity index (χ1) is 6.97. The highest BCUT2D eigenvalue weighted by atomic mass is 16.3. The molecule has 0 saturated carbocycles. The molecule has 0 aromatic rings. The first-order valence-electron chi connectivity index (χ1n) is 6.15. The molecule has 1 aliphatic heterocycles. The predicted molar refractivity (Wildman–Crippen MR) is 64.1 cm³/mol. The van der Waals surface area contributed by atoms with Crippen molar-refractivity contribution in [2.24, 2.45) is 0 Å². The summed E-state index contributed by atoms with van der Waals surface area (Å²) in [6, 6.07) is 0.533. The fourth-order valence-corrected chi connectivity index (χ4v) is 2.04. The quantitative estimate of drug-likeness (QED) is 0.698. The van der Waals surface area contributed by atoms with Gasteiger partial charge in [-0.3, -0.25) is 0 Å². The second kappa shape index (κ2) is 5.83. The van der Waals surface area contributed by atoms with Gasteiger partial charge in [0, 0.05) is 12.6 Å². The Morgan fingerprint density at radius 3 is 2.47 bits per heavy atom. The number of nitrogens with zero attached hydrogens (tertiary/aromatic N) is 1. The summed E-state index contributed by atoms with van der Waals surface area (Å²) in [5.41, 5.74) is -0.541. The van der Waals surface area contributed by atoms with Crippen LogP contribution in [0.4, 0.5) is 0 Å². The molecular weight excluding hydrogens is 188 g/mol. The Kier molecular flexibility index (Phi) is 5.03. The van der Waals surface area contributed by atoms with Crippen LogP contribution < -0.4 is 5.32 Å². The van der Waals surface area contributed by atoms with Crippen LogP contribution in [-0.4, -0.2) is 47.8 Å². The second-order valence-corrected chi connectivity index (χ2v) is 5.43. The molecule has 3 heteroatoms. The monoisotopic (exact) mass is 214 g/mol. The van der Waals surface area contributed by atoms with Crippen molar-refractivity contribution in [1.82, 2.24) is 10.2 Å². The van der Waals surface area contributed by atoms with E-state index >= 15 is 0 Å². The predicted octanol–water partition coefficient (Wildman–Crippen LogP) is 1.22. The lowest BCUT2D eigenvalue weighted by atomic mass is 10.1. The van der Waals surface area contributed by atoms with Crippen LogP contribution in [0, 0.1) is 0 Å². The molecule has 1 fully saturated rings. The number of hydrogen-bond acceptors (Lipinski definition) is 3. The van der Waals surface area contributed by atoms with Gasteiger partial charge in [-0.05, 0) is 59.7 Å². The van der Waals surface area contributed by atoms with E-state index in [1.807, 2.05) is 13.8 Å². The minimum absolute atomic E-state index is 0.533. The molecule has 1 atom stereocenters. The van der Waals surface area contributed by atoms with Crippen molar-refractivity contribution in [2.45, 2.75) is 51.7 Å². The molecule has 0 radical (unpaired) electrons. The van der Waals surface area contributed by atoms with Gasteiger partial charge >= 0.3 is 0 Å². The van der Waals surface area contributed by atoms with Gasteiger partial charge in [0.05, 0.1) is 5.60 Å². The molecule has 0 aromatic carbocycles. The average Bonchev–Trinajstić information content (AvgIpc) is 2.54. The van der Waals surface area contributed by atoms with E-state index in [2.05, 4.69) is 17.1 Å². The van der Waals surface area contributed by atoms with Crippen LogP contribution in [0.2, 0.25) is 0 Å². The van der Waals surface area contributed by atoms with Gasteiger partial charge in [0.1, 0.15) is 0 Å². The van der Waals surface area contributed by atoms with E-state index < -0.39 is 5.60 Å². The van der Waals surface area contributed by atoms with Crippen molar-refractivity contribution in [3.8, 4) is 0 Å². The maximum atomic E-state index is 9.56.